The zero-order chi connectivity index (χ0) is 18.6. The molecule has 0 aliphatic heterocycles. The Morgan fingerprint density at radius 2 is 2.19 bits per heavy atom. The van der Waals surface area contributed by atoms with E-state index in [1.54, 1.807) is 39.8 Å². The summed E-state index contributed by atoms with van der Waals surface area (Å²) in [5, 5.41) is 14.6. The minimum absolute atomic E-state index is 0.0659. The summed E-state index contributed by atoms with van der Waals surface area (Å²) in [6.07, 6.45) is 2.74. The quantitative estimate of drug-likeness (QED) is 0.462. The fraction of sp³-hybridized carbons (Fsp3) is 0.222. The van der Waals surface area contributed by atoms with Gasteiger partial charge in [-0.1, -0.05) is 29.2 Å². The van der Waals surface area contributed by atoms with Crippen molar-refractivity contribution in [2.24, 2.45) is 0 Å². The molecule has 0 fully saturated rings. The predicted octanol–water partition coefficient (Wildman–Crippen LogP) is 3.86. The summed E-state index contributed by atoms with van der Waals surface area (Å²) in [6.45, 7) is 2.82. The van der Waals surface area contributed by atoms with E-state index >= 15 is 0 Å². The Balaban J connectivity index is 1.37. The molecule has 4 heterocycles. The van der Waals surface area contributed by atoms with Gasteiger partial charge in [-0.25, -0.2) is 4.98 Å². The van der Waals surface area contributed by atoms with Crippen LogP contribution >= 0.6 is 34.4 Å². The summed E-state index contributed by atoms with van der Waals surface area (Å²) in [5.41, 5.74) is 2.43. The lowest BCUT2D eigenvalue weighted by Gasteiger charge is -2.04. The van der Waals surface area contributed by atoms with Gasteiger partial charge in [0.05, 0.1) is 5.69 Å². The number of rotatable bonds is 7. The molecule has 0 atom stereocenters. The van der Waals surface area contributed by atoms with Crippen molar-refractivity contribution >= 4 is 45.2 Å². The van der Waals surface area contributed by atoms with Gasteiger partial charge >= 0.3 is 0 Å². The smallest absolute Gasteiger partial charge is 0.258 e. The van der Waals surface area contributed by atoms with Crippen LogP contribution in [0.1, 0.15) is 16.1 Å². The maximum atomic E-state index is 12.2. The first-order valence-electron chi connectivity index (χ1n) is 8.39. The first-order valence-corrected chi connectivity index (χ1v) is 11.1. The van der Waals surface area contributed by atoms with E-state index in [1.807, 2.05) is 19.1 Å². The van der Waals surface area contributed by atoms with E-state index in [4.69, 9.17) is 0 Å². The highest BCUT2D eigenvalue weighted by Crippen LogP contribution is 2.27. The number of hydrogen-bond acceptors (Lipinski definition) is 8. The molecule has 0 aromatic carbocycles. The van der Waals surface area contributed by atoms with Crippen LogP contribution in [-0.2, 0) is 12.2 Å². The van der Waals surface area contributed by atoms with Crippen LogP contribution < -0.4 is 10.9 Å². The Kier molecular flexibility index (Phi) is 5.51. The number of fused-ring (bicyclic) bond motifs is 1. The van der Waals surface area contributed by atoms with Crippen molar-refractivity contribution in [2.75, 3.05) is 11.9 Å². The van der Waals surface area contributed by atoms with Crippen molar-refractivity contribution in [1.82, 2.24) is 19.6 Å². The van der Waals surface area contributed by atoms with Gasteiger partial charge in [-0.3, -0.25) is 9.20 Å². The van der Waals surface area contributed by atoms with Crippen LogP contribution in [0.15, 0.2) is 51.0 Å². The Morgan fingerprint density at radius 3 is 3.04 bits per heavy atom. The summed E-state index contributed by atoms with van der Waals surface area (Å²) in [7, 11) is 0. The summed E-state index contributed by atoms with van der Waals surface area (Å²) in [5.74, 6) is 0.587. The maximum absolute atomic E-state index is 12.2. The molecule has 138 valence electrons. The van der Waals surface area contributed by atoms with Crippen molar-refractivity contribution in [3.8, 4) is 0 Å². The van der Waals surface area contributed by atoms with Crippen LogP contribution in [0.4, 0.5) is 5.13 Å². The molecular formula is C18H17N5OS3. The molecule has 0 aliphatic carbocycles. The van der Waals surface area contributed by atoms with Crippen LogP contribution in [0.25, 0.3) is 5.65 Å². The number of nitrogens with zero attached hydrogens (tertiary/aromatic N) is 4. The third-order valence-electron chi connectivity index (χ3n) is 3.85. The lowest BCUT2D eigenvalue weighted by atomic mass is 10.3. The zero-order valence-electron chi connectivity index (χ0n) is 14.6. The Hall–Kier alpha value is -2.23. The van der Waals surface area contributed by atoms with Gasteiger partial charge in [-0.15, -0.1) is 21.5 Å². The van der Waals surface area contributed by atoms with Crippen LogP contribution in [0.2, 0.25) is 0 Å². The van der Waals surface area contributed by atoms with Crippen molar-refractivity contribution in [3.05, 3.63) is 68.4 Å². The van der Waals surface area contributed by atoms with E-state index in [0.717, 1.165) is 33.7 Å². The summed E-state index contributed by atoms with van der Waals surface area (Å²) < 4.78 is 2.42. The predicted molar refractivity (Wildman–Crippen MR) is 112 cm³/mol. The van der Waals surface area contributed by atoms with Gasteiger partial charge in [0.2, 0.25) is 5.13 Å². The van der Waals surface area contributed by atoms with Crippen molar-refractivity contribution in [2.45, 2.75) is 23.4 Å². The minimum Gasteiger partial charge on any atom is -0.360 e. The number of aromatic nitrogens is 4. The standard InChI is InChI=1S/C18H17N5OS3/c1-12-5-7-23-15(9-12)20-13(10-16(23)24)11-26-18-22-21-17(27-18)19-6-4-14-3-2-8-25-14/h2-3,5,7-10H,4,6,11H2,1H3,(H,19,21). The van der Waals surface area contributed by atoms with Gasteiger partial charge in [0.15, 0.2) is 4.34 Å². The van der Waals surface area contributed by atoms with E-state index in [0.29, 0.717) is 11.4 Å². The molecule has 0 unspecified atom stereocenters. The van der Waals surface area contributed by atoms with Crippen molar-refractivity contribution in [1.29, 1.82) is 0 Å². The highest BCUT2D eigenvalue weighted by molar-refractivity contribution is 8.00. The Labute approximate surface area is 168 Å². The molecule has 0 radical (unpaired) electrons. The Bertz CT molecular complexity index is 1100. The second-order valence-corrected chi connectivity index (χ2v) is 9.17. The largest absolute Gasteiger partial charge is 0.360 e. The molecule has 27 heavy (non-hydrogen) atoms. The monoisotopic (exact) mass is 415 g/mol. The maximum Gasteiger partial charge on any atom is 0.258 e. The fourth-order valence-corrected chi connectivity index (χ4v) is 4.93. The molecule has 6 nitrogen and oxygen atoms in total. The van der Waals surface area contributed by atoms with Crippen LogP contribution in [0, 0.1) is 6.92 Å². The molecule has 9 heteroatoms. The molecule has 4 aromatic rings. The summed E-state index contributed by atoms with van der Waals surface area (Å²) in [6, 6.07) is 9.59. The van der Waals surface area contributed by atoms with E-state index in [-0.39, 0.29) is 5.56 Å². The number of anilines is 1. The lowest BCUT2D eigenvalue weighted by Crippen LogP contribution is -2.15. The first kappa shape index (κ1) is 18.1. The van der Waals surface area contributed by atoms with E-state index in [9.17, 15) is 4.79 Å². The zero-order valence-corrected chi connectivity index (χ0v) is 17.0. The normalized spacial score (nSPS) is 11.1. The second-order valence-electron chi connectivity index (χ2n) is 5.94. The summed E-state index contributed by atoms with van der Waals surface area (Å²) >= 11 is 4.83. The SMILES string of the molecule is Cc1ccn2c(=O)cc(CSc3nnc(NCCc4cccs4)s3)nc2c1. The number of pyridine rings is 1. The topological polar surface area (TPSA) is 72.2 Å². The van der Waals surface area contributed by atoms with E-state index in [2.05, 4.69) is 38.0 Å². The van der Waals surface area contributed by atoms with Gasteiger partial charge in [-0.05, 0) is 42.5 Å². The molecule has 1 N–H and O–H groups in total. The average Bonchev–Trinajstić information content (AvgIpc) is 3.32. The van der Waals surface area contributed by atoms with Gasteiger partial charge < -0.3 is 5.32 Å². The second kappa shape index (κ2) is 8.20. The highest BCUT2D eigenvalue weighted by Gasteiger charge is 2.08. The van der Waals surface area contributed by atoms with Crippen LogP contribution in [-0.4, -0.2) is 26.1 Å². The van der Waals surface area contributed by atoms with Crippen molar-refractivity contribution in [3.63, 3.8) is 0 Å². The molecule has 0 bridgehead atoms. The molecule has 4 rings (SSSR count). The Morgan fingerprint density at radius 1 is 1.26 bits per heavy atom. The molecule has 0 saturated carbocycles. The fourth-order valence-electron chi connectivity index (χ4n) is 2.55. The number of aryl methyl sites for hydroxylation is 1. The number of hydrogen-bond donors (Lipinski definition) is 1. The number of nitrogens with one attached hydrogen (secondary N) is 1. The van der Waals surface area contributed by atoms with Gasteiger partial charge in [-0.2, -0.15) is 0 Å². The van der Waals surface area contributed by atoms with Gasteiger partial charge in [0.1, 0.15) is 5.65 Å². The molecule has 0 saturated heterocycles. The third kappa shape index (κ3) is 4.55. The molecular weight excluding hydrogens is 398 g/mol. The number of thioether (sulfide) groups is 1. The molecule has 0 amide bonds. The molecule has 4 aromatic heterocycles. The molecule has 0 aliphatic rings. The summed E-state index contributed by atoms with van der Waals surface area (Å²) in [4.78, 5) is 18.2. The van der Waals surface area contributed by atoms with Gasteiger partial charge in [0.25, 0.3) is 5.56 Å². The number of thiophene rings is 1. The minimum atomic E-state index is -0.0659. The average molecular weight is 416 g/mol. The highest BCUT2D eigenvalue weighted by atomic mass is 32.2. The van der Waals surface area contributed by atoms with Gasteiger partial charge in [0, 0.05) is 29.4 Å². The van der Waals surface area contributed by atoms with Crippen LogP contribution in [0.3, 0.4) is 0 Å². The molecule has 0 spiro atoms. The van der Waals surface area contributed by atoms with Crippen LogP contribution in [0.5, 0.6) is 0 Å². The first-order chi connectivity index (χ1) is 13.2. The third-order valence-corrected chi connectivity index (χ3v) is 6.84. The lowest BCUT2D eigenvalue weighted by molar-refractivity contribution is 0.977. The van der Waals surface area contributed by atoms with E-state index < -0.39 is 0 Å². The van der Waals surface area contributed by atoms with E-state index in [1.165, 1.54) is 16.2 Å². The van der Waals surface area contributed by atoms with Crippen molar-refractivity contribution < 1.29 is 0 Å².